The van der Waals surface area contributed by atoms with Crippen LogP contribution in [0.5, 0.6) is 5.75 Å². The van der Waals surface area contributed by atoms with Gasteiger partial charge in [0.2, 0.25) is 0 Å². The van der Waals surface area contributed by atoms with Crippen molar-refractivity contribution in [3.8, 4) is 5.75 Å². The molecule has 1 aliphatic carbocycles. The Morgan fingerprint density at radius 3 is 2.69 bits per heavy atom. The van der Waals surface area contributed by atoms with Gasteiger partial charge in [0.1, 0.15) is 21.9 Å². The molecule has 0 spiro atoms. The van der Waals surface area contributed by atoms with Gasteiger partial charge in [-0.2, -0.15) is 0 Å². The summed E-state index contributed by atoms with van der Waals surface area (Å²) in [4.78, 5) is 18.2. The van der Waals surface area contributed by atoms with E-state index in [1.807, 2.05) is 0 Å². The lowest BCUT2D eigenvalue weighted by Gasteiger charge is -2.34. The van der Waals surface area contributed by atoms with Gasteiger partial charge >= 0.3 is 0 Å². The van der Waals surface area contributed by atoms with E-state index in [2.05, 4.69) is 14.7 Å². The molecule has 2 aromatic heterocycles. The fourth-order valence-electron chi connectivity index (χ4n) is 4.72. The molecule has 0 radical (unpaired) electrons. The van der Waals surface area contributed by atoms with E-state index in [1.165, 1.54) is 19.3 Å². The Balaban J connectivity index is 1.62. The molecule has 1 aromatic carbocycles. The molecule has 1 saturated carbocycles. The molecule has 168 valence electrons. The molecule has 32 heavy (non-hydrogen) atoms. The lowest BCUT2D eigenvalue weighted by molar-refractivity contribution is 0.324. The smallest absolute Gasteiger partial charge is 0.267 e. The third-order valence-corrected chi connectivity index (χ3v) is 7.75. The number of anilines is 1. The Morgan fingerprint density at radius 1 is 1.09 bits per heavy atom. The number of aromatic nitrogens is 2. The molecular weight excluding hydrogens is 428 g/mol. The van der Waals surface area contributed by atoms with Crippen LogP contribution in [0, 0.1) is 5.92 Å². The number of aromatic hydroxyl groups is 1. The molecule has 0 amide bonds. The zero-order chi connectivity index (χ0) is 22.3. The van der Waals surface area contributed by atoms with Gasteiger partial charge in [-0.15, -0.1) is 4.40 Å². The van der Waals surface area contributed by atoms with E-state index in [-0.39, 0.29) is 22.0 Å². The summed E-state index contributed by atoms with van der Waals surface area (Å²) in [6.07, 6.45) is 8.49. The zero-order valence-electron chi connectivity index (χ0n) is 17.6. The molecule has 0 bridgehead atoms. The van der Waals surface area contributed by atoms with Crippen LogP contribution < -0.4 is 10.9 Å². The molecule has 3 heterocycles. The highest BCUT2D eigenvalue weighted by atomic mass is 32.3. The number of amidine groups is 1. The molecule has 0 atom stereocenters. The topological polar surface area (TPSA) is 120 Å². The summed E-state index contributed by atoms with van der Waals surface area (Å²) in [6, 6.07) is 10.1. The highest BCUT2D eigenvalue weighted by molar-refractivity contribution is 8.23. The van der Waals surface area contributed by atoms with Crippen molar-refractivity contribution in [1.29, 1.82) is 0 Å². The van der Waals surface area contributed by atoms with E-state index in [0.29, 0.717) is 29.2 Å². The molecule has 0 unspecified atom stereocenters. The minimum Gasteiger partial charge on any atom is -0.506 e. The highest BCUT2D eigenvalue weighted by Crippen LogP contribution is 2.55. The molecule has 3 aromatic rings. The molecule has 4 N–H and O–H groups in total. The van der Waals surface area contributed by atoms with Gasteiger partial charge in [0, 0.05) is 12.7 Å². The maximum Gasteiger partial charge on any atom is 0.267 e. The predicted molar refractivity (Wildman–Crippen MR) is 127 cm³/mol. The fraction of sp³-hybridized carbons (Fsp3) is 0.348. The van der Waals surface area contributed by atoms with E-state index in [4.69, 9.17) is 0 Å². The molecule has 5 rings (SSSR count). The van der Waals surface area contributed by atoms with Crippen molar-refractivity contribution in [3.05, 3.63) is 58.5 Å². The number of hydrogen-bond donors (Lipinski definition) is 4. The van der Waals surface area contributed by atoms with Crippen molar-refractivity contribution < 1.29 is 14.2 Å². The molecule has 2 aliphatic rings. The SMILES string of the molecule is O=c1c(C2=NS(O)(O)c3ccccc3N2)c(O)c2cccnc2n1CCC1CCCCC1. The minimum atomic E-state index is -3.52. The second kappa shape index (κ2) is 8.23. The quantitative estimate of drug-likeness (QED) is 0.442. The summed E-state index contributed by atoms with van der Waals surface area (Å²) in [6.45, 7) is 0.477. The van der Waals surface area contributed by atoms with Gasteiger partial charge in [-0.05, 0) is 36.6 Å². The van der Waals surface area contributed by atoms with Gasteiger partial charge in [0.25, 0.3) is 5.56 Å². The van der Waals surface area contributed by atoms with E-state index in [9.17, 15) is 19.0 Å². The van der Waals surface area contributed by atoms with Crippen molar-refractivity contribution in [2.45, 2.75) is 50.0 Å². The third-order valence-electron chi connectivity index (χ3n) is 6.37. The van der Waals surface area contributed by atoms with Crippen LogP contribution in [-0.2, 0) is 6.54 Å². The van der Waals surface area contributed by atoms with Crippen LogP contribution in [0.25, 0.3) is 11.0 Å². The first kappa shape index (κ1) is 21.0. The van der Waals surface area contributed by atoms with Crippen LogP contribution in [0.2, 0.25) is 0 Å². The van der Waals surface area contributed by atoms with Crippen LogP contribution in [0.3, 0.4) is 0 Å². The number of aryl methyl sites for hydroxylation is 1. The molecular formula is C23H26N4O4S. The standard InChI is InChI=1S/C23H26N4O4S/c28-20-16-9-6-13-24-22(16)27(14-12-15-7-2-1-3-8-15)23(29)19(20)21-25-17-10-4-5-11-18(17)32(30,31)26-21/h4-6,9-11,13,15,28,30-31H,1-3,7-8,12,14H2,(H,25,26). The van der Waals surface area contributed by atoms with Gasteiger partial charge in [0.15, 0.2) is 5.84 Å². The number of para-hydroxylation sites is 1. The van der Waals surface area contributed by atoms with Crippen LogP contribution in [-0.4, -0.2) is 29.6 Å². The third kappa shape index (κ3) is 3.66. The van der Waals surface area contributed by atoms with E-state index in [1.54, 1.807) is 47.2 Å². The van der Waals surface area contributed by atoms with Gasteiger partial charge < -0.3 is 10.4 Å². The number of rotatable bonds is 4. The summed E-state index contributed by atoms with van der Waals surface area (Å²) in [5.41, 5.74) is 0.322. The Hall–Kier alpha value is -2.88. The first-order valence-corrected chi connectivity index (χ1v) is 12.4. The Bertz CT molecular complexity index is 1260. The summed E-state index contributed by atoms with van der Waals surface area (Å²) < 4.78 is 26.8. The maximum atomic E-state index is 13.6. The molecule has 1 aliphatic heterocycles. The highest BCUT2D eigenvalue weighted by Gasteiger charge is 2.30. The summed E-state index contributed by atoms with van der Waals surface area (Å²) in [5.74, 6) is 0.242. The number of hydrogen-bond acceptors (Lipinski definition) is 7. The fourth-order valence-corrected chi connectivity index (χ4v) is 5.88. The average Bonchev–Trinajstić information content (AvgIpc) is 2.79. The van der Waals surface area contributed by atoms with Crippen molar-refractivity contribution in [2.24, 2.45) is 10.3 Å². The largest absolute Gasteiger partial charge is 0.506 e. The first-order chi connectivity index (χ1) is 15.5. The van der Waals surface area contributed by atoms with Gasteiger partial charge in [-0.3, -0.25) is 18.5 Å². The number of nitrogens with zero attached hydrogens (tertiary/aromatic N) is 3. The average molecular weight is 455 g/mol. The first-order valence-electron chi connectivity index (χ1n) is 10.9. The second-order valence-electron chi connectivity index (χ2n) is 8.43. The zero-order valence-corrected chi connectivity index (χ0v) is 18.4. The van der Waals surface area contributed by atoms with Crippen LogP contribution in [0.15, 0.2) is 56.7 Å². The number of pyridine rings is 2. The lowest BCUT2D eigenvalue weighted by atomic mass is 9.87. The van der Waals surface area contributed by atoms with Crippen molar-refractivity contribution >= 4 is 33.3 Å². The lowest BCUT2D eigenvalue weighted by Crippen LogP contribution is -2.33. The van der Waals surface area contributed by atoms with E-state index >= 15 is 0 Å². The van der Waals surface area contributed by atoms with Gasteiger partial charge in [0.05, 0.1) is 11.1 Å². The van der Waals surface area contributed by atoms with Crippen molar-refractivity contribution in [1.82, 2.24) is 9.55 Å². The normalized spacial score (nSPS) is 19.1. The number of fused-ring (bicyclic) bond motifs is 2. The monoisotopic (exact) mass is 454 g/mol. The minimum absolute atomic E-state index is 0.0524. The molecule has 0 saturated heterocycles. The molecule has 8 nitrogen and oxygen atoms in total. The molecule has 1 fully saturated rings. The summed E-state index contributed by atoms with van der Waals surface area (Å²) in [5, 5.41) is 14.4. The van der Waals surface area contributed by atoms with Crippen molar-refractivity contribution in [2.75, 3.05) is 5.32 Å². The second-order valence-corrected chi connectivity index (χ2v) is 10.1. The summed E-state index contributed by atoms with van der Waals surface area (Å²) in [7, 11) is -3.52. The number of benzene rings is 1. The van der Waals surface area contributed by atoms with Gasteiger partial charge in [-0.1, -0.05) is 55.0 Å². The van der Waals surface area contributed by atoms with Crippen LogP contribution >= 0.6 is 10.8 Å². The van der Waals surface area contributed by atoms with Crippen LogP contribution in [0.4, 0.5) is 5.69 Å². The maximum absolute atomic E-state index is 13.6. The van der Waals surface area contributed by atoms with Crippen molar-refractivity contribution in [3.63, 3.8) is 0 Å². The van der Waals surface area contributed by atoms with Crippen LogP contribution in [0.1, 0.15) is 44.1 Å². The Labute approximate surface area is 187 Å². The predicted octanol–water partition coefficient (Wildman–Crippen LogP) is 4.97. The Morgan fingerprint density at radius 2 is 1.88 bits per heavy atom. The summed E-state index contributed by atoms with van der Waals surface area (Å²) >= 11 is 0. The van der Waals surface area contributed by atoms with E-state index in [0.717, 1.165) is 19.3 Å². The Kier molecular flexibility index (Phi) is 5.40. The van der Waals surface area contributed by atoms with E-state index < -0.39 is 16.3 Å². The van der Waals surface area contributed by atoms with Gasteiger partial charge in [-0.25, -0.2) is 4.98 Å². The number of nitrogens with one attached hydrogen (secondary N) is 1. The molecule has 9 heteroatoms.